The molecule has 0 unspecified atom stereocenters. The molecular weight excluding hydrogens is 236 g/mol. The number of H-pyrrole nitrogens is 1. The van der Waals surface area contributed by atoms with Gasteiger partial charge in [0.05, 0.1) is 10.7 Å². The minimum atomic E-state index is -0.187. The summed E-state index contributed by atoms with van der Waals surface area (Å²) >= 11 is 6.14. The zero-order chi connectivity index (χ0) is 12.4. The van der Waals surface area contributed by atoms with Crippen molar-refractivity contribution in [1.82, 2.24) is 4.98 Å². The molecule has 0 amide bonds. The van der Waals surface area contributed by atoms with E-state index in [4.69, 9.17) is 17.3 Å². The fraction of sp³-hybridized carbons (Fsp3) is 0.154. The molecule has 0 radical (unpaired) electrons. The SMILES string of the molecule is Cc1cccc(-c2[nH]c(=O)c(CN)cc2Cl)c1. The molecule has 0 fully saturated rings. The fourth-order valence-corrected chi connectivity index (χ4v) is 1.99. The van der Waals surface area contributed by atoms with E-state index in [-0.39, 0.29) is 12.1 Å². The van der Waals surface area contributed by atoms with E-state index in [1.807, 2.05) is 31.2 Å². The van der Waals surface area contributed by atoms with Crippen molar-refractivity contribution in [2.45, 2.75) is 13.5 Å². The maximum Gasteiger partial charge on any atom is 0.252 e. The number of aryl methyl sites for hydroxylation is 1. The molecule has 0 atom stereocenters. The first-order chi connectivity index (χ1) is 8.11. The first-order valence-corrected chi connectivity index (χ1v) is 5.68. The van der Waals surface area contributed by atoms with Crippen LogP contribution < -0.4 is 11.3 Å². The van der Waals surface area contributed by atoms with E-state index in [9.17, 15) is 4.79 Å². The van der Waals surface area contributed by atoms with Gasteiger partial charge >= 0.3 is 0 Å². The van der Waals surface area contributed by atoms with Gasteiger partial charge in [0.1, 0.15) is 0 Å². The second-order valence-electron chi connectivity index (χ2n) is 3.92. The van der Waals surface area contributed by atoms with Gasteiger partial charge in [-0.1, -0.05) is 35.4 Å². The van der Waals surface area contributed by atoms with Crippen LogP contribution in [0.5, 0.6) is 0 Å². The molecule has 2 rings (SSSR count). The molecule has 3 N–H and O–H groups in total. The minimum Gasteiger partial charge on any atom is -0.326 e. The van der Waals surface area contributed by atoms with Gasteiger partial charge in [-0.15, -0.1) is 0 Å². The lowest BCUT2D eigenvalue weighted by atomic mass is 10.1. The molecule has 3 nitrogen and oxygen atoms in total. The second kappa shape index (κ2) is 4.73. The summed E-state index contributed by atoms with van der Waals surface area (Å²) in [5, 5.41) is 0.510. The van der Waals surface area contributed by atoms with E-state index in [1.165, 1.54) is 0 Å². The first-order valence-electron chi connectivity index (χ1n) is 5.30. The van der Waals surface area contributed by atoms with Gasteiger partial charge in [-0.3, -0.25) is 4.79 Å². The number of halogens is 1. The lowest BCUT2D eigenvalue weighted by molar-refractivity contribution is 1.02. The zero-order valence-electron chi connectivity index (χ0n) is 9.46. The predicted molar refractivity (Wildman–Crippen MR) is 70.1 cm³/mol. The van der Waals surface area contributed by atoms with E-state index in [0.29, 0.717) is 16.3 Å². The number of benzene rings is 1. The molecule has 0 spiro atoms. The summed E-state index contributed by atoms with van der Waals surface area (Å²) in [6.07, 6.45) is 0. The first kappa shape index (κ1) is 11.9. The van der Waals surface area contributed by atoms with Crippen LogP contribution in [-0.2, 0) is 6.54 Å². The smallest absolute Gasteiger partial charge is 0.252 e. The summed E-state index contributed by atoms with van der Waals surface area (Å²) in [7, 11) is 0. The molecule has 0 aliphatic heterocycles. The summed E-state index contributed by atoms with van der Waals surface area (Å²) < 4.78 is 0. The maximum atomic E-state index is 11.7. The third-order valence-electron chi connectivity index (χ3n) is 2.60. The van der Waals surface area contributed by atoms with Crippen molar-refractivity contribution in [3.05, 3.63) is 56.8 Å². The molecule has 88 valence electrons. The average Bonchev–Trinajstić information content (AvgIpc) is 2.31. The van der Waals surface area contributed by atoms with Crippen LogP contribution in [0.2, 0.25) is 5.02 Å². The summed E-state index contributed by atoms with van der Waals surface area (Å²) in [5.41, 5.74) is 8.41. The molecule has 4 heteroatoms. The van der Waals surface area contributed by atoms with Crippen molar-refractivity contribution in [3.8, 4) is 11.3 Å². The molecule has 1 aromatic heterocycles. The van der Waals surface area contributed by atoms with E-state index in [1.54, 1.807) is 6.07 Å². The Kier molecular flexibility index (Phi) is 3.31. The Morgan fingerprint density at radius 2 is 2.12 bits per heavy atom. The Balaban J connectivity index is 2.61. The highest BCUT2D eigenvalue weighted by atomic mass is 35.5. The summed E-state index contributed by atoms with van der Waals surface area (Å²) in [5.74, 6) is 0. The number of rotatable bonds is 2. The molecular formula is C13H13ClN2O. The lowest BCUT2D eigenvalue weighted by Gasteiger charge is -2.07. The normalized spacial score (nSPS) is 10.5. The van der Waals surface area contributed by atoms with Crippen molar-refractivity contribution in [3.63, 3.8) is 0 Å². The number of hydrogen-bond acceptors (Lipinski definition) is 2. The van der Waals surface area contributed by atoms with E-state index in [2.05, 4.69) is 4.98 Å². The maximum absolute atomic E-state index is 11.7. The molecule has 17 heavy (non-hydrogen) atoms. The van der Waals surface area contributed by atoms with E-state index in [0.717, 1.165) is 11.1 Å². The molecule has 0 aliphatic rings. The Morgan fingerprint density at radius 1 is 1.35 bits per heavy atom. The molecule has 1 aromatic carbocycles. The predicted octanol–water partition coefficient (Wildman–Crippen LogP) is 2.46. The van der Waals surface area contributed by atoms with E-state index >= 15 is 0 Å². The topological polar surface area (TPSA) is 58.9 Å². The number of nitrogens with two attached hydrogens (primary N) is 1. The number of aromatic amines is 1. The fourth-order valence-electron chi connectivity index (χ4n) is 1.71. The van der Waals surface area contributed by atoms with Gasteiger partial charge in [-0.2, -0.15) is 0 Å². The number of hydrogen-bond donors (Lipinski definition) is 2. The Morgan fingerprint density at radius 3 is 2.76 bits per heavy atom. The van der Waals surface area contributed by atoms with Crippen molar-refractivity contribution >= 4 is 11.6 Å². The second-order valence-corrected chi connectivity index (χ2v) is 4.33. The molecule has 0 aliphatic carbocycles. The zero-order valence-corrected chi connectivity index (χ0v) is 10.2. The Hall–Kier alpha value is -1.58. The Labute approximate surface area is 104 Å². The van der Waals surface area contributed by atoms with Crippen LogP contribution in [0.4, 0.5) is 0 Å². The van der Waals surface area contributed by atoms with Crippen LogP contribution in [0.3, 0.4) is 0 Å². The Bertz CT molecular complexity index is 605. The number of pyridine rings is 1. The number of aromatic nitrogens is 1. The van der Waals surface area contributed by atoms with Crippen LogP contribution in [0.15, 0.2) is 35.1 Å². The van der Waals surface area contributed by atoms with E-state index < -0.39 is 0 Å². The van der Waals surface area contributed by atoms with Crippen molar-refractivity contribution in [2.24, 2.45) is 5.73 Å². The van der Waals surface area contributed by atoms with Crippen LogP contribution in [0, 0.1) is 6.92 Å². The average molecular weight is 249 g/mol. The monoisotopic (exact) mass is 248 g/mol. The van der Waals surface area contributed by atoms with Gasteiger partial charge < -0.3 is 10.7 Å². The minimum absolute atomic E-state index is 0.184. The summed E-state index contributed by atoms with van der Waals surface area (Å²) in [4.78, 5) is 14.5. The van der Waals surface area contributed by atoms with Crippen molar-refractivity contribution < 1.29 is 0 Å². The lowest BCUT2D eigenvalue weighted by Crippen LogP contribution is -2.16. The largest absolute Gasteiger partial charge is 0.326 e. The van der Waals surface area contributed by atoms with Gasteiger partial charge in [-0.05, 0) is 24.6 Å². The molecule has 0 saturated heterocycles. The van der Waals surface area contributed by atoms with Gasteiger partial charge in [0, 0.05) is 12.1 Å². The van der Waals surface area contributed by atoms with Gasteiger partial charge in [0.25, 0.3) is 5.56 Å². The highest BCUT2D eigenvalue weighted by Gasteiger charge is 2.08. The molecule has 1 heterocycles. The summed E-state index contributed by atoms with van der Waals surface area (Å²) in [6, 6.07) is 9.42. The third-order valence-corrected chi connectivity index (χ3v) is 2.89. The number of nitrogens with one attached hydrogen (secondary N) is 1. The highest BCUT2D eigenvalue weighted by Crippen LogP contribution is 2.25. The standard InChI is InChI=1S/C13H13ClN2O/c1-8-3-2-4-9(5-8)12-11(14)6-10(7-15)13(17)16-12/h2-6H,7,15H2,1H3,(H,16,17). The van der Waals surface area contributed by atoms with Crippen molar-refractivity contribution in [2.75, 3.05) is 0 Å². The molecule has 0 saturated carbocycles. The van der Waals surface area contributed by atoms with Gasteiger partial charge in [0.15, 0.2) is 0 Å². The third kappa shape index (κ3) is 2.40. The highest BCUT2D eigenvalue weighted by molar-refractivity contribution is 6.33. The van der Waals surface area contributed by atoms with Crippen LogP contribution in [0.1, 0.15) is 11.1 Å². The van der Waals surface area contributed by atoms with Crippen molar-refractivity contribution in [1.29, 1.82) is 0 Å². The van der Waals surface area contributed by atoms with Crippen LogP contribution in [0.25, 0.3) is 11.3 Å². The van der Waals surface area contributed by atoms with Crippen LogP contribution >= 0.6 is 11.6 Å². The quantitative estimate of drug-likeness (QED) is 0.858. The summed E-state index contributed by atoms with van der Waals surface area (Å²) in [6.45, 7) is 2.17. The molecule has 0 bridgehead atoms. The van der Waals surface area contributed by atoms with Gasteiger partial charge in [-0.25, -0.2) is 0 Å². The van der Waals surface area contributed by atoms with Crippen LogP contribution in [-0.4, -0.2) is 4.98 Å². The van der Waals surface area contributed by atoms with Gasteiger partial charge in [0.2, 0.25) is 0 Å². The molecule has 2 aromatic rings.